The first-order valence-electron chi connectivity index (χ1n) is 12.6. The number of carbonyl (C=O) groups is 1. The molecule has 1 fully saturated rings. The molecule has 0 bridgehead atoms. The Morgan fingerprint density at radius 2 is 1.62 bits per heavy atom. The van der Waals surface area contributed by atoms with Crippen molar-refractivity contribution in [2.24, 2.45) is 10.7 Å². The minimum Gasteiger partial charge on any atom is -0.495 e. The van der Waals surface area contributed by atoms with Crippen LogP contribution in [0.5, 0.6) is 17.2 Å². The van der Waals surface area contributed by atoms with E-state index in [0.717, 1.165) is 31.4 Å². The summed E-state index contributed by atoms with van der Waals surface area (Å²) in [7, 11) is 4.07. The van der Waals surface area contributed by atoms with Gasteiger partial charge in [-0.2, -0.15) is 4.99 Å². The van der Waals surface area contributed by atoms with Crippen LogP contribution in [0, 0.1) is 11.6 Å². The van der Waals surface area contributed by atoms with Crippen molar-refractivity contribution in [3.63, 3.8) is 0 Å². The number of carbonyl (C=O) groups excluding carboxylic acids is 1. The first-order valence-corrected chi connectivity index (χ1v) is 12.6. The molecule has 212 valence electrons. The average Bonchev–Trinajstić information content (AvgIpc) is 2.92. The van der Waals surface area contributed by atoms with Gasteiger partial charge in [0.15, 0.2) is 23.1 Å². The van der Waals surface area contributed by atoms with Crippen LogP contribution in [-0.2, 0) is 0 Å². The molecule has 5 N–H and O–H groups in total. The minimum absolute atomic E-state index is 0.0673. The second kappa shape index (κ2) is 11.4. The first kappa shape index (κ1) is 28.6. The van der Waals surface area contributed by atoms with Gasteiger partial charge in [-0.3, -0.25) is 4.79 Å². The monoisotopic (exact) mass is 553 g/mol. The lowest BCUT2D eigenvalue weighted by Crippen LogP contribution is -2.57. The highest BCUT2D eigenvalue weighted by molar-refractivity contribution is 6.11. The maximum absolute atomic E-state index is 15.0. The number of rotatable bonds is 7. The van der Waals surface area contributed by atoms with Crippen molar-refractivity contribution in [2.75, 3.05) is 51.6 Å². The Labute approximate surface area is 231 Å². The Bertz CT molecular complexity index is 1450. The molecule has 1 saturated heterocycles. The number of anilines is 2. The quantitative estimate of drug-likeness (QED) is 0.228. The highest BCUT2D eigenvalue weighted by atomic mass is 19.1. The van der Waals surface area contributed by atoms with Gasteiger partial charge in [0.1, 0.15) is 11.6 Å². The number of hydrogen-bond donors (Lipinski definition) is 3. The van der Waals surface area contributed by atoms with Crippen molar-refractivity contribution in [2.45, 2.75) is 19.4 Å². The molecule has 0 radical (unpaired) electrons. The number of amides is 1. The SMILES string of the molecule is COc1cc(C(=O)N=C(N)c2ccc(-c3c(F)c(OC)cc(OC)c3F)cc2N)ccc1N1CCNC(C)(C)C1. The number of nitrogens with zero attached hydrogens (tertiary/aromatic N) is 2. The van der Waals surface area contributed by atoms with E-state index in [1.807, 2.05) is 6.07 Å². The van der Waals surface area contributed by atoms with Gasteiger partial charge in [-0.15, -0.1) is 0 Å². The Balaban J connectivity index is 1.62. The van der Waals surface area contributed by atoms with Gasteiger partial charge in [0.25, 0.3) is 5.91 Å². The number of ether oxygens (including phenoxy) is 3. The van der Waals surface area contributed by atoms with Crippen LogP contribution in [0.15, 0.2) is 47.5 Å². The fourth-order valence-electron chi connectivity index (χ4n) is 4.74. The van der Waals surface area contributed by atoms with Crippen LogP contribution >= 0.6 is 0 Å². The van der Waals surface area contributed by atoms with E-state index in [1.165, 1.54) is 32.4 Å². The number of halogens is 2. The molecule has 0 aromatic heterocycles. The van der Waals surface area contributed by atoms with Gasteiger partial charge in [-0.1, -0.05) is 6.07 Å². The molecule has 0 atom stereocenters. The number of aliphatic imine (C=N–C) groups is 1. The van der Waals surface area contributed by atoms with Crippen molar-refractivity contribution in [1.82, 2.24) is 5.32 Å². The predicted octanol–water partition coefficient (Wildman–Crippen LogP) is 3.97. The van der Waals surface area contributed by atoms with Gasteiger partial charge in [0, 0.05) is 48.1 Å². The number of nitrogen functional groups attached to an aromatic ring is 1. The maximum Gasteiger partial charge on any atom is 0.279 e. The molecule has 1 aliphatic rings. The number of nitrogens with two attached hydrogens (primary N) is 2. The van der Waals surface area contributed by atoms with E-state index in [1.54, 1.807) is 19.2 Å². The van der Waals surface area contributed by atoms with Gasteiger partial charge >= 0.3 is 0 Å². The summed E-state index contributed by atoms with van der Waals surface area (Å²) in [6, 6.07) is 10.4. The van der Waals surface area contributed by atoms with Crippen LogP contribution in [0.1, 0.15) is 29.8 Å². The lowest BCUT2D eigenvalue weighted by atomic mass is 10.00. The lowest BCUT2D eigenvalue weighted by Gasteiger charge is -2.40. The minimum atomic E-state index is -0.911. The van der Waals surface area contributed by atoms with E-state index < -0.39 is 17.5 Å². The number of amidine groups is 1. The normalized spacial score (nSPS) is 15.1. The zero-order valence-corrected chi connectivity index (χ0v) is 23.1. The number of hydrogen-bond acceptors (Lipinski definition) is 7. The van der Waals surface area contributed by atoms with E-state index in [0.29, 0.717) is 5.75 Å². The topological polar surface area (TPSA) is 124 Å². The molecule has 0 spiro atoms. The van der Waals surface area contributed by atoms with Crippen LogP contribution in [-0.4, -0.2) is 58.2 Å². The largest absolute Gasteiger partial charge is 0.495 e. The first-order chi connectivity index (χ1) is 19.0. The van der Waals surface area contributed by atoms with Gasteiger partial charge in [-0.05, 0) is 49.7 Å². The predicted molar refractivity (Wildman–Crippen MR) is 152 cm³/mol. The summed E-state index contributed by atoms with van der Waals surface area (Å²) in [5, 5.41) is 3.47. The summed E-state index contributed by atoms with van der Waals surface area (Å²) in [5.41, 5.74) is 13.5. The van der Waals surface area contributed by atoms with E-state index in [4.69, 9.17) is 25.7 Å². The molecule has 0 unspecified atom stereocenters. The van der Waals surface area contributed by atoms with Crippen molar-refractivity contribution >= 4 is 23.1 Å². The molecule has 0 saturated carbocycles. The zero-order valence-electron chi connectivity index (χ0n) is 23.1. The fourth-order valence-corrected chi connectivity index (χ4v) is 4.74. The molecular weight excluding hydrogens is 520 g/mol. The summed E-state index contributed by atoms with van der Waals surface area (Å²) in [5.74, 6) is -2.40. The smallest absolute Gasteiger partial charge is 0.279 e. The highest BCUT2D eigenvalue weighted by Gasteiger charge is 2.28. The maximum atomic E-state index is 15.0. The van der Waals surface area contributed by atoms with Gasteiger partial charge in [0.05, 0.1) is 32.6 Å². The van der Waals surface area contributed by atoms with E-state index in [9.17, 15) is 13.6 Å². The van der Waals surface area contributed by atoms with Gasteiger partial charge in [-0.25, -0.2) is 8.78 Å². The molecule has 11 heteroatoms. The summed E-state index contributed by atoms with van der Waals surface area (Å²) in [6.07, 6.45) is 0. The van der Waals surface area contributed by atoms with E-state index in [2.05, 4.69) is 29.1 Å². The molecule has 40 heavy (non-hydrogen) atoms. The van der Waals surface area contributed by atoms with E-state index in [-0.39, 0.29) is 50.8 Å². The lowest BCUT2D eigenvalue weighted by molar-refractivity contribution is 0.100. The highest BCUT2D eigenvalue weighted by Crippen LogP contribution is 2.38. The molecule has 4 rings (SSSR count). The van der Waals surface area contributed by atoms with Crippen molar-refractivity contribution in [3.8, 4) is 28.4 Å². The van der Waals surface area contributed by atoms with Crippen LogP contribution in [0.2, 0.25) is 0 Å². The number of nitrogens with one attached hydrogen (secondary N) is 1. The fraction of sp³-hybridized carbons (Fsp3) is 0.310. The number of methoxy groups -OCH3 is 3. The second-order valence-electron chi connectivity index (χ2n) is 10.0. The third-order valence-corrected chi connectivity index (χ3v) is 6.75. The summed E-state index contributed by atoms with van der Waals surface area (Å²) in [6.45, 7) is 6.64. The molecule has 1 aliphatic heterocycles. The molecular formula is C29H33F2N5O4. The third-order valence-electron chi connectivity index (χ3n) is 6.75. The summed E-state index contributed by atoms with van der Waals surface area (Å²) in [4.78, 5) is 19.2. The Morgan fingerprint density at radius 3 is 2.20 bits per heavy atom. The van der Waals surface area contributed by atoms with Crippen LogP contribution in [0.25, 0.3) is 11.1 Å². The number of piperazine rings is 1. The summed E-state index contributed by atoms with van der Waals surface area (Å²) < 4.78 is 45.5. The van der Waals surface area contributed by atoms with Crippen LogP contribution < -0.4 is 35.9 Å². The van der Waals surface area contributed by atoms with Gasteiger partial charge in [0.2, 0.25) is 0 Å². The van der Waals surface area contributed by atoms with E-state index >= 15 is 0 Å². The standard InChI is InChI=1S/C29H33F2N5O4/c1-29(2)15-36(11-10-34-29)20-9-7-17(13-21(20)38-3)28(37)35-27(33)18-8-6-16(12-19(18)32)24-25(30)22(39-4)14-23(40-5)26(24)31/h6-9,12-14,34H,10-11,15,32H2,1-5H3,(H2,33,35,37). The van der Waals surface area contributed by atoms with Gasteiger partial charge < -0.3 is 35.9 Å². The van der Waals surface area contributed by atoms with Crippen molar-refractivity contribution in [3.05, 3.63) is 65.2 Å². The molecule has 3 aromatic carbocycles. The molecule has 9 nitrogen and oxygen atoms in total. The van der Waals surface area contributed by atoms with Crippen LogP contribution in [0.3, 0.4) is 0 Å². The molecule has 1 heterocycles. The average molecular weight is 554 g/mol. The van der Waals surface area contributed by atoms with Crippen LogP contribution in [0.4, 0.5) is 20.2 Å². The van der Waals surface area contributed by atoms with Crippen molar-refractivity contribution in [1.29, 1.82) is 0 Å². The third kappa shape index (κ3) is 5.64. The summed E-state index contributed by atoms with van der Waals surface area (Å²) >= 11 is 0. The Hall–Kier alpha value is -4.38. The molecule has 0 aliphatic carbocycles. The second-order valence-corrected chi connectivity index (χ2v) is 10.0. The number of benzene rings is 3. The zero-order chi connectivity index (χ0) is 29.2. The molecule has 1 amide bonds. The Kier molecular flexibility index (Phi) is 8.15. The Morgan fingerprint density at radius 1 is 0.975 bits per heavy atom. The van der Waals surface area contributed by atoms with Crippen molar-refractivity contribution < 1.29 is 27.8 Å². The molecule has 3 aromatic rings.